The maximum absolute atomic E-state index is 12.0. The number of benzene rings is 2. The van der Waals surface area contributed by atoms with Crippen LogP contribution < -0.4 is 15.4 Å². The van der Waals surface area contributed by atoms with E-state index < -0.39 is 11.0 Å². The number of halogens is 2. The number of urea groups is 1. The predicted octanol–water partition coefficient (Wildman–Crippen LogP) is 4.55. The van der Waals surface area contributed by atoms with Gasteiger partial charge in [-0.1, -0.05) is 23.2 Å². The summed E-state index contributed by atoms with van der Waals surface area (Å²) in [5, 5.41) is 16.5. The van der Waals surface area contributed by atoms with Gasteiger partial charge in [-0.3, -0.25) is 10.1 Å². The molecule has 120 valence electrons. The Hall–Kier alpha value is -2.51. The van der Waals surface area contributed by atoms with E-state index in [-0.39, 0.29) is 16.4 Å². The molecule has 0 fully saturated rings. The molecule has 0 saturated carbocycles. The van der Waals surface area contributed by atoms with Gasteiger partial charge in [-0.25, -0.2) is 4.79 Å². The van der Waals surface area contributed by atoms with Gasteiger partial charge in [-0.2, -0.15) is 0 Å². The van der Waals surface area contributed by atoms with Gasteiger partial charge in [0.15, 0.2) is 0 Å². The van der Waals surface area contributed by atoms with E-state index >= 15 is 0 Å². The zero-order chi connectivity index (χ0) is 17.0. The van der Waals surface area contributed by atoms with Crippen molar-refractivity contribution in [3.63, 3.8) is 0 Å². The molecular weight excluding hydrogens is 345 g/mol. The van der Waals surface area contributed by atoms with Crippen LogP contribution in [0.15, 0.2) is 36.4 Å². The molecule has 2 aromatic carbocycles. The lowest BCUT2D eigenvalue weighted by Gasteiger charge is -2.11. The third-order valence-corrected chi connectivity index (χ3v) is 3.28. The summed E-state index contributed by atoms with van der Waals surface area (Å²) in [6.45, 7) is 0. The summed E-state index contributed by atoms with van der Waals surface area (Å²) in [4.78, 5) is 22.4. The van der Waals surface area contributed by atoms with Crippen molar-refractivity contribution < 1.29 is 14.5 Å². The Kier molecular flexibility index (Phi) is 5.25. The van der Waals surface area contributed by atoms with Crippen molar-refractivity contribution in [3.05, 3.63) is 56.6 Å². The number of nitrogens with one attached hydrogen (secondary N) is 2. The lowest BCUT2D eigenvalue weighted by molar-refractivity contribution is -0.383. The first-order valence-electron chi connectivity index (χ1n) is 6.26. The smallest absolute Gasteiger partial charge is 0.323 e. The first-order chi connectivity index (χ1) is 10.9. The Balaban J connectivity index is 2.21. The molecule has 7 nitrogen and oxygen atoms in total. The minimum atomic E-state index is -0.684. The van der Waals surface area contributed by atoms with Crippen LogP contribution in [0.4, 0.5) is 21.9 Å². The van der Waals surface area contributed by atoms with Gasteiger partial charge in [0.1, 0.15) is 11.4 Å². The van der Waals surface area contributed by atoms with E-state index in [9.17, 15) is 14.9 Å². The standard InChI is InChI=1S/C14H11Cl2N3O4/c1-23-13-5-3-8(15)6-11(13)18-14(20)17-10-4-2-9(16)7-12(10)19(21)22/h2-7H,1H3,(H2,17,18,20). The minimum Gasteiger partial charge on any atom is -0.495 e. The first-order valence-corrected chi connectivity index (χ1v) is 7.02. The Morgan fingerprint density at radius 3 is 2.35 bits per heavy atom. The van der Waals surface area contributed by atoms with Crippen molar-refractivity contribution >= 4 is 46.3 Å². The fourth-order valence-electron chi connectivity index (χ4n) is 1.82. The quantitative estimate of drug-likeness (QED) is 0.621. The molecule has 9 heteroatoms. The molecule has 2 rings (SSSR count). The van der Waals surface area contributed by atoms with Gasteiger partial charge < -0.3 is 15.4 Å². The fourth-order valence-corrected chi connectivity index (χ4v) is 2.15. The molecule has 0 unspecified atom stereocenters. The molecule has 0 radical (unpaired) electrons. The number of carbonyl (C=O) groups is 1. The van der Waals surface area contributed by atoms with Crippen LogP contribution in [0.25, 0.3) is 0 Å². The molecule has 2 N–H and O–H groups in total. The molecule has 0 bridgehead atoms. The second kappa shape index (κ2) is 7.17. The number of ether oxygens (including phenoxy) is 1. The summed E-state index contributed by atoms with van der Waals surface area (Å²) in [5.74, 6) is 0.398. The van der Waals surface area contributed by atoms with Crippen molar-refractivity contribution in [1.82, 2.24) is 0 Å². The molecule has 23 heavy (non-hydrogen) atoms. The van der Waals surface area contributed by atoms with Crippen LogP contribution in [0, 0.1) is 10.1 Å². The van der Waals surface area contributed by atoms with Crippen molar-refractivity contribution in [3.8, 4) is 5.75 Å². The second-order valence-electron chi connectivity index (χ2n) is 4.34. The fraction of sp³-hybridized carbons (Fsp3) is 0.0714. The third kappa shape index (κ3) is 4.24. The number of nitrogens with zero attached hydrogens (tertiary/aromatic N) is 1. The molecular formula is C14H11Cl2N3O4. The van der Waals surface area contributed by atoms with Crippen LogP contribution in [-0.4, -0.2) is 18.1 Å². The van der Waals surface area contributed by atoms with Crippen molar-refractivity contribution in [1.29, 1.82) is 0 Å². The normalized spacial score (nSPS) is 10.0. The Morgan fingerprint density at radius 1 is 1.09 bits per heavy atom. The highest BCUT2D eigenvalue weighted by Gasteiger charge is 2.17. The molecule has 0 aromatic heterocycles. The van der Waals surface area contributed by atoms with Crippen LogP contribution in [-0.2, 0) is 0 Å². The van der Waals surface area contributed by atoms with E-state index in [4.69, 9.17) is 27.9 Å². The van der Waals surface area contributed by atoms with E-state index in [2.05, 4.69) is 10.6 Å². The summed E-state index contributed by atoms with van der Waals surface area (Å²) in [7, 11) is 1.44. The topological polar surface area (TPSA) is 93.5 Å². The van der Waals surface area contributed by atoms with Crippen molar-refractivity contribution in [2.24, 2.45) is 0 Å². The highest BCUT2D eigenvalue weighted by molar-refractivity contribution is 6.31. The van der Waals surface area contributed by atoms with Gasteiger partial charge in [0, 0.05) is 16.1 Å². The van der Waals surface area contributed by atoms with Crippen LogP contribution >= 0.6 is 23.2 Å². The molecule has 2 amide bonds. The molecule has 0 aliphatic carbocycles. The number of carbonyl (C=O) groups excluding carboxylic acids is 1. The largest absolute Gasteiger partial charge is 0.495 e. The summed E-state index contributed by atoms with van der Waals surface area (Å²) < 4.78 is 5.10. The van der Waals surface area contributed by atoms with E-state index in [0.29, 0.717) is 16.5 Å². The number of hydrogen-bond donors (Lipinski definition) is 2. The molecule has 0 heterocycles. The highest BCUT2D eigenvalue weighted by atomic mass is 35.5. The maximum Gasteiger partial charge on any atom is 0.323 e. The second-order valence-corrected chi connectivity index (χ2v) is 5.22. The van der Waals surface area contributed by atoms with Crippen LogP contribution in [0.5, 0.6) is 5.75 Å². The van der Waals surface area contributed by atoms with Gasteiger partial charge in [0.05, 0.1) is 17.7 Å². The maximum atomic E-state index is 12.0. The van der Waals surface area contributed by atoms with E-state index in [1.165, 1.54) is 25.3 Å². The van der Waals surface area contributed by atoms with Gasteiger partial charge in [0.25, 0.3) is 5.69 Å². The zero-order valence-corrected chi connectivity index (χ0v) is 13.3. The number of amides is 2. The lowest BCUT2D eigenvalue weighted by Crippen LogP contribution is -2.20. The average molecular weight is 356 g/mol. The number of hydrogen-bond acceptors (Lipinski definition) is 4. The number of rotatable bonds is 4. The lowest BCUT2D eigenvalue weighted by atomic mass is 10.2. The van der Waals surface area contributed by atoms with E-state index in [0.717, 1.165) is 6.07 Å². The minimum absolute atomic E-state index is 0.0119. The Labute approximate surface area is 141 Å². The molecule has 0 spiro atoms. The predicted molar refractivity (Wildman–Crippen MR) is 88.8 cm³/mol. The summed E-state index contributed by atoms with van der Waals surface area (Å²) >= 11 is 11.6. The molecule has 0 saturated heterocycles. The molecule has 0 atom stereocenters. The number of nitro groups is 1. The monoisotopic (exact) mass is 355 g/mol. The van der Waals surface area contributed by atoms with E-state index in [1.54, 1.807) is 12.1 Å². The summed E-state index contributed by atoms with van der Waals surface area (Å²) in [5.41, 5.74) is 0.0257. The number of methoxy groups -OCH3 is 1. The van der Waals surface area contributed by atoms with Crippen LogP contribution in [0.3, 0.4) is 0 Å². The zero-order valence-electron chi connectivity index (χ0n) is 11.8. The van der Waals surface area contributed by atoms with Gasteiger partial charge in [-0.15, -0.1) is 0 Å². The van der Waals surface area contributed by atoms with Crippen LogP contribution in [0.2, 0.25) is 10.0 Å². The van der Waals surface area contributed by atoms with Gasteiger partial charge in [-0.05, 0) is 30.3 Å². The van der Waals surface area contributed by atoms with Crippen LogP contribution in [0.1, 0.15) is 0 Å². The molecule has 2 aromatic rings. The van der Waals surface area contributed by atoms with E-state index in [1.807, 2.05) is 0 Å². The SMILES string of the molecule is COc1ccc(Cl)cc1NC(=O)Nc1ccc(Cl)cc1[N+](=O)[O-]. The Morgan fingerprint density at radius 2 is 1.70 bits per heavy atom. The van der Waals surface area contributed by atoms with Gasteiger partial charge >= 0.3 is 6.03 Å². The highest BCUT2D eigenvalue weighted by Crippen LogP contribution is 2.30. The third-order valence-electron chi connectivity index (χ3n) is 2.81. The first kappa shape index (κ1) is 16.9. The summed E-state index contributed by atoms with van der Waals surface area (Å²) in [6, 6.07) is 7.93. The van der Waals surface area contributed by atoms with Crippen molar-refractivity contribution in [2.75, 3.05) is 17.7 Å². The molecule has 0 aliphatic rings. The average Bonchev–Trinajstić information content (AvgIpc) is 2.49. The number of nitro benzene ring substituents is 1. The van der Waals surface area contributed by atoms with Gasteiger partial charge in [0.2, 0.25) is 0 Å². The number of anilines is 2. The summed E-state index contributed by atoms with van der Waals surface area (Å²) in [6.07, 6.45) is 0. The van der Waals surface area contributed by atoms with Crippen molar-refractivity contribution in [2.45, 2.75) is 0 Å². The molecule has 0 aliphatic heterocycles. The Bertz CT molecular complexity index is 768.